The van der Waals surface area contributed by atoms with Crippen LogP contribution in [0, 0.1) is 6.92 Å². The Morgan fingerprint density at radius 2 is 1.71 bits per heavy atom. The molecule has 0 spiro atoms. The molecule has 7 heteroatoms. The number of carbonyl (C=O) groups excluding carboxylic acids is 3. The number of halogens is 1. The molecule has 0 aliphatic heterocycles. The number of ether oxygens (including phenoxy) is 1. The highest BCUT2D eigenvalue weighted by molar-refractivity contribution is 9.10. The molecule has 0 radical (unpaired) electrons. The number of hydrogen-bond donors (Lipinski definition) is 2. The first kappa shape index (κ1) is 17.7. The first-order valence-corrected chi connectivity index (χ1v) is 7.77. The van der Waals surface area contributed by atoms with Gasteiger partial charge in [0, 0.05) is 15.8 Å². The lowest BCUT2D eigenvalue weighted by atomic mass is 10.2. The molecule has 2 aromatic rings. The molecule has 2 aromatic carbocycles. The highest BCUT2D eigenvalue weighted by atomic mass is 79.9. The monoisotopic (exact) mass is 390 g/mol. The maximum absolute atomic E-state index is 12.0. The Bertz CT molecular complexity index is 805. The van der Waals surface area contributed by atoms with Crippen molar-refractivity contribution in [3.05, 3.63) is 58.1 Å². The molecule has 0 aromatic heterocycles. The molecule has 0 aliphatic carbocycles. The van der Waals surface area contributed by atoms with Crippen LogP contribution >= 0.6 is 15.9 Å². The Balaban J connectivity index is 2.06. The van der Waals surface area contributed by atoms with Gasteiger partial charge in [0.15, 0.2) is 0 Å². The Morgan fingerprint density at radius 1 is 1.00 bits per heavy atom. The highest BCUT2D eigenvalue weighted by Gasteiger charge is 2.16. The number of esters is 1. The summed E-state index contributed by atoms with van der Waals surface area (Å²) < 4.78 is 5.49. The molecule has 0 atom stereocenters. The standard InChI is InChI=1S/C17H15BrN2O4/c1-10-8-12(18)6-7-14(10)20-16(22)15(21)19-13-5-3-4-11(9-13)17(23)24-2/h3-9H,1-2H3,(H,19,21)(H,20,22). The van der Waals surface area contributed by atoms with Gasteiger partial charge in [-0.1, -0.05) is 22.0 Å². The van der Waals surface area contributed by atoms with E-state index >= 15 is 0 Å². The number of aryl methyl sites for hydroxylation is 1. The van der Waals surface area contributed by atoms with E-state index in [1.807, 2.05) is 13.0 Å². The number of hydrogen-bond acceptors (Lipinski definition) is 4. The van der Waals surface area contributed by atoms with E-state index < -0.39 is 17.8 Å². The van der Waals surface area contributed by atoms with Crippen LogP contribution in [0.4, 0.5) is 11.4 Å². The number of nitrogens with one attached hydrogen (secondary N) is 2. The molecule has 0 heterocycles. The van der Waals surface area contributed by atoms with E-state index in [0.29, 0.717) is 11.4 Å². The van der Waals surface area contributed by atoms with Gasteiger partial charge in [-0.25, -0.2) is 4.79 Å². The van der Waals surface area contributed by atoms with Crippen LogP contribution in [0.5, 0.6) is 0 Å². The molecule has 0 fully saturated rings. The molecule has 0 saturated carbocycles. The summed E-state index contributed by atoms with van der Waals surface area (Å²) in [6.07, 6.45) is 0. The normalized spacial score (nSPS) is 9.96. The summed E-state index contributed by atoms with van der Waals surface area (Å²) >= 11 is 3.33. The lowest BCUT2D eigenvalue weighted by Gasteiger charge is -2.09. The molecule has 0 aliphatic rings. The molecule has 124 valence electrons. The average molecular weight is 391 g/mol. The Hall–Kier alpha value is -2.67. The third kappa shape index (κ3) is 4.42. The Labute approximate surface area is 147 Å². The van der Waals surface area contributed by atoms with Gasteiger partial charge in [-0.15, -0.1) is 0 Å². The molecule has 2 N–H and O–H groups in total. The zero-order chi connectivity index (χ0) is 17.7. The number of benzene rings is 2. The van der Waals surface area contributed by atoms with Gasteiger partial charge in [-0.05, 0) is 48.9 Å². The third-order valence-electron chi connectivity index (χ3n) is 3.18. The highest BCUT2D eigenvalue weighted by Crippen LogP contribution is 2.20. The van der Waals surface area contributed by atoms with Crippen molar-refractivity contribution in [2.45, 2.75) is 6.92 Å². The largest absolute Gasteiger partial charge is 0.465 e. The number of carbonyl (C=O) groups is 3. The number of rotatable bonds is 3. The van der Waals surface area contributed by atoms with Crippen LogP contribution in [0.2, 0.25) is 0 Å². The van der Waals surface area contributed by atoms with Gasteiger partial charge in [0.05, 0.1) is 12.7 Å². The van der Waals surface area contributed by atoms with E-state index in [0.717, 1.165) is 10.0 Å². The van der Waals surface area contributed by atoms with E-state index in [2.05, 4.69) is 31.3 Å². The summed E-state index contributed by atoms with van der Waals surface area (Å²) in [5.41, 5.74) is 1.96. The first-order chi connectivity index (χ1) is 11.4. The summed E-state index contributed by atoms with van der Waals surface area (Å²) in [5.74, 6) is -2.16. The van der Waals surface area contributed by atoms with Gasteiger partial charge in [-0.2, -0.15) is 0 Å². The van der Waals surface area contributed by atoms with Crippen molar-refractivity contribution in [2.24, 2.45) is 0 Å². The van der Waals surface area contributed by atoms with Crippen molar-refractivity contribution < 1.29 is 19.1 Å². The SMILES string of the molecule is COC(=O)c1cccc(NC(=O)C(=O)Nc2ccc(Br)cc2C)c1. The summed E-state index contributed by atoms with van der Waals surface area (Å²) in [6.45, 7) is 1.82. The van der Waals surface area contributed by atoms with Crippen molar-refractivity contribution in [3.63, 3.8) is 0 Å². The van der Waals surface area contributed by atoms with E-state index in [4.69, 9.17) is 0 Å². The van der Waals surface area contributed by atoms with Gasteiger partial charge in [-0.3, -0.25) is 9.59 Å². The quantitative estimate of drug-likeness (QED) is 0.622. The minimum absolute atomic E-state index is 0.277. The lowest BCUT2D eigenvalue weighted by Crippen LogP contribution is -2.29. The zero-order valence-electron chi connectivity index (χ0n) is 13.1. The van der Waals surface area contributed by atoms with Crippen molar-refractivity contribution in [2.75, 3.05) is 17.7 Å². The fourth-order valence-electron chi connectivity index (χ4n) is 1.98. The molecular weight excluding hydrogens is 376 g/mol. The minimum Gasteiger partial charge on any atom is -0.465 e. The van der Waals surface area contributed by atoms with Crippen LogP contribution in [-0.2, 0) is 14.3 Å². The number of methoxy groups -OCH3 is 1. The van der Waals surface area contributed by atoms with Crippen molar-refractivity contribution in [1.29, 1.82) is 0 Å². The Kier molecular flexibility index (Phi) is 5.70. The summed E-state index contributed by atoms with van der Waals surface area (Å²) in [4.78, 5) is 35.5. The van der Waals surface area contributed by atoms with E-state index in [1.165, 1.54) is 13.2 Å². The van der Waals surface area contributed by atoms with Crippen molar-refractivity contribution in [1.82, 2.24) is 0 Å². The molecule has 24 heavy (non-hydrogen) atoms. The molecular formula is C17H15BrN2O4. The minimum atomic E-state index is -0.834. The second-order valence-electron chi connectivity index (χ2n) is 4.94. The van der Waals surface area contributed by atoms with E-state index in [9.17, 15) is 14.4 Å². The average Bonchev–Trinajstić information content (AvgIpc) is 2.56. The van der Waals surface area contributed by atoms with Crippen LogP contribution in [0.25, 0.3) is 0 Å². The van der Waals surface area contributed by atoms with Gasteiger partial charge in [0.25, 0.3) is 0 Å². The predicted octanol–water partition coefficient (Wildman–Crippen LogP) is 3.12. The molecule has 2 rings (SSSR count). The number of anilines is 2. The smallest absolute Gasteiger partial charge is 0.337 e. The van der Waals surface area contributed by atoms with Crippen LogP contribution in [0.1, 0.15) is 15.9 Å². The van der Waals surface area contributed by atoms with Crippen molar-refractivity contribution in [3.8, 4) is 0 Å². The number of amides is 2. The van der Waals surface area contributed by atoms with E-state index in [1.54, 1.807) is 30.3 Å². The van der Waals surface area contributed by atoms with Gasteiger partial charge < -0.3 is 15.4 Å². The molecule has 2 amide bonds. The second-order valence-corrected chi connectivity index (χ2v) is 5.86. The maximum atomic E-state index is 12.0. The summed E-state index contributed by atoms with van der Waals surface area (Å²) in [6, 6.07) is 11.4. The maximum Gasteiger partial charge on any atom is 0.337 e. The fourth-order valence-corrected chi connectivity index (χ4v) is 2.45. The zero-order valence-corrected chi connectivity index (χ0v) is 14.6. The van der Waals surface area contributed by atoms with Gasteiger partial charge in [0.2, 0.25) is 0 Å². The summed E-state index contributed by atoms with van der Waals surface area (Å²) in [7, 11) is 1.27. The van der Waals surface area contributed by atoms with Crippen LogP contribution in [-0.4, -0.2) is 24.9 Å². The molecule has 0 saturated heterocycles. The fraction of sp³-hybridized carbons (Fsp3) is 0.118. The Morgan fingerprint density at radius 3 is 2.38 bits per heavy atom. The molecule has 6 nitrogen and oxygen atoms in total. The van der Waals surface area contributed by atoms with E-state index in [-0.39, 0.29) is 5.56 Å². The van der Waals surface area contributed by atoms with Crippen LogP contribution < -0.4 is 10.6 Å². The van der Waals surface area contributed by atoms with Gasteiger partial charge >= 0.3 is 17.8 Å². The predicted molar refractivity (Wildman–Crippen MR) is 93.9 cm³/mol. The second kappa shape index (κ2) is 7.74. The van der Waals surface area contributed by atoms with Crippen molar-refractivity contribution >= 4 is 45.1 Å². The molecule has 0 unspecified atom stereocenters. The summed E-state index contributed by atoms with van der Waals surface area (Å²) in [5, 5.41) is 4.99. The van der Waals surface area contributed by atoms with Crippen LogP contribution in [0.3, 0.4) is 0 Å². The lowest BCUT2D eigenvalue weighted by molar-refractivity contribution is -0.133. The first-order valence-electron chi connectivity index (χ1n) is 6.97. The topological polar surface area (TPSA) is 84.5 Å². The third-order valence-corrected chi connectivity index (χ3v) is 3.68. The van der Waals surface area contributed by atoms with Crippen LogP contribution in [0.15, 0.2) is 46.9 Å². The molecule has 0 bridgehead atoms. The van der Waals surface area contributed by atoms with Gasteiger partial charge in [0.1, 0.15) is 0 Å².